The summed E-state index contributed by atoms with van der Waals surface area (Å²) in [6.07, 6.45) is 2.41. The Morgan fingerprint density at radius 3 is 2.81 bits per heavy atom. The second kappa shape index (κ2) is 4.21. The molecule has 1 saturated carbocycles. The number of aliphatic carboxylic acids is 1. The third-order valence-corrected chi connectivity index (χ3v) is 3.64. The summed E-state index contributed by atoms with van der Waals surface area (Å²) in [4.78, 5) is 28.3. The Labute approximate surface area is 96.7 Å². The van der Waals surface area contributed by atoms with Gasteiger partial charge in [0.15, 0.2) is 6.04 Å². The minimum absolute atomic E-state index is 0.0834. The van der Waals surface area contributed by atoms with Crippen LogP contribution in [0.1, 0.15) is 29.5 Å². The van der Waals surface area contributed by atoms with Crippen LogP contribution >= 0.6 is 11.3 Å². The Morgan fingerprint density at radius 1 is 1.75 bits per heavy atom. The molecule has 0 spiro atoms. The SMILES string of the molecule is Cc1ncsc1C(C(=O)O)N(C=O)C1CC1. The van der Waals surface area contributed by atoms with Gasteiger partial charge in [-0.1, -0.05) is 0 Å². The third kappa shape index (κ3) is 1.92. The first-order valence-corrected chi connectivity index (χ1v) is 5.88. The van der Waals surface area contributed by atoms with Crippen molar-refractivity contribution in [1.82, 2.24) is 9.88 Å². The molecule has 1 heterocycles. The standard InChI is InChI=1S/C10H12N2O3S/c1-6-9(16-4-11-6)8(10(14)15)12(5-13)7-2-3-7/h4-5,7-8H,2-3H2,1H3,(H,14,15). The number of aryl methyl sites for hydroxylation is 1. The molecule has 16 heavy (non-hydrogen) atoms. The number of amides is 1. The molecule has 2 rings (SSSR count). The van der Waals surface area contributed by atoms with E-state index in [1.54, 1.807) is 12.4 Å². The third-order valence-electron chi connectivity index (χ3n) is 2.65. The lowest BCUT2D eigenvalue weighted by Gasteiger charge is -2.24. The lowest BCUT2D eigenvalue weighted by molar-refractivity contribution is -0.147. The van der Waals surface area contributed by atoms with Gasteiger partial charge in [-0.25, -0.2) is 9.78 Å². The summed E-state index contributed by atoms with van der Waals surface area (Å²) in [7, 11) is 0. The highest BCUT2D eigenvalue weighted by molar-refractivity contribution is 7.10. The molecule has 1 atom stereocenters. The Balaban J connectivity index is 2.32. The quantitative estimate of drug-likeness (QED) is 0.785. The van der Waals surface area contributed by atoms with Crippen molar-refractivity contribution in [2.45, 2.75) is 31.8 Å². The van der Waals surface area contributed by atoms with E-state index in [1.807, 2.05) is 0 Å². The molecule has 1 amide bonds. The fourth-order valence-electron chi connectivity index (χ4n) is 1.68. The van der Waals surface area contributed by atoms with E-state index in [0.29, 0.717) is 17.0 Å². The summed E-state index contributed by atoms with van der Waals surface area (Å²) < 4.78 is 0. The van der Waals surface area contributed by atoms with Crippen LogP contribution in [0.25, 0.3) is 0 Å². The molecule has 1 aliphatic carbocycles. The molecule has 1 fully saturated rings. The maximum Gasteiger partial charge on any atom is 0.332 e. The number of carboxylic acid groups (broad SMARTS) is 1. The van der Waals surface area contributed by atoms with Gasteiger partial charge in [0.25, 0.3) is 0 Å². The van der Waals surface area contributed by atoms with Crippen LogP contribution in [0.5, 0.6) is 0 Å². The van der Waals surface area contributed by atoms with Gasteiger partial charge < -0.3 is 10.0 Å². The smallest absolute Gasteiger partial charge is 0.332 e. The first-order valence-electron chi connectivity index (χ1n) is 5.00. The van der Waals surface area contributed by atoms with Crippen LogP contribution in [-0.4, -0.2) is 33.4 Å². The van der Waals surface area contributed by atoms with Crippen LogP contribution in [0, 0.1) is 6.92 Å². The van der Waals surface area contributed by atoms with Crippen molar-refractivity contribution in [2.75, 3.05) is 0 Å². The molecule has 6 heteroatoms. The van der Waals surface area contributed by atoms with Gasteiger partial charge in [-0.05, 0) is 19.8 Å². The number of carbonyl (C=O) groups excluding carboxylic acids is 1. The van der Waals surface area contributed by atoms with E-state index in [-0.39, 0.29) is 6.04 Å². The van der Waals surface area contributed by atoms with E-state index >= 15 is 0 Å². The van der Waals surface area contributed by atoms with Gasteiger partial charge in [-0.2, -0.15) is 0 Å². The van der Waals surface area contributed by atoms with E-state index < -0.39 is 12.0 Å². The second-order valence-corrected chi connectivity index (χ2v) is 4.71. The van der Waals surface area contributed by atoms with Gasteiger partial charge in [0.1, 0.15) is 0 Å². The molecular formula is C10H12N2O3S. The number of carbonyl (C=O) groups is 2. The van der Waals surface area contributed by atoms with Gasteiger partial charge >= 0.3 is 5.97 Å². The van der Waals surface area contributed by atoms with Gasteiger partial charge in [0, 0.05) is 6.04 Å². The minimum Gasteiger partial charge on any atom is -0.479 e. The van der Waals surface area contributed by atoms with E-state index in [2.05, 4.69) is 4.98 Å². The van der Waals surface area contributed by atoms with Crippen LogP contribution in [0.3, 0.4) is 0 Å². The molecule has 5 nitrogen and oxygen atoms in total. The monoisotopic (exact) mass is 240 g/mol. The fourth-order valence-corrected chi connectivity index (χ4v) is 2.58. The maximum atomic E-state index is 11.3. The van der Waals surface area contributed by atoms with Crippen LogP contribution in [0.2, 0.25) is 0 Å². The molecular weight excluding hydrogens is 228 g/mol. The molecule has 1 unspecified atom stereocenters. The van der Waals surface area contributed by atoms with Gasteiger partial charge in [0.2, 0.25) is 6.41 Å². The zero-order valence-corrected chi connectivity index (χ0v) is 9.61. The maximum absolute atomic E-state index is 11.3. The van der Waals surface area contributed by atoms with Crippen molar-refractivity contribution in [3.05, 3.63) is 16.1 Å². The Hall–Kier alpha value is -1.43. The zero-order valence-electron chi connectivity index (χ0n) is 8.79. The topological polar surface area (TPSA) is 70.5 Å². The zero-order chi connectivity index (χ0) is 11.7. The number of rotatable bonds is 5. The van der Waals surface area contributed by atoms with Crippen LogP contribution in [0.4, 0.5) is 0 Å². The fraction of sp³-hybridized carbons (Fsp3) is 0.500. The highest BCUT2D eigenvalue weighted by Crippen LogP contribution is 2.35. The van der Waals surface area contributed by atoms with E-state index in [9.17, 15) is 14.7 Å². The Bertz CT molecular complexity index is 414. The Kier molecular flexibility index (Phi) is 2.91. The average molecular weight is 240 g/mol. The lowest BCUT2D eigenvalue weighted by Crippen LogP contribution is -2.34. The lowest BCUT2D eigenvalue weighted by atomic mass is 10.2. The van der Waals surface area contributed by atoms with Crippen molar-refractivity contribution >= 4 is 23.7 Å². The first kappa shape index (κ1) is 11.1. The van der Waals surface area contributed by atoms with Crippen LogP contribution in [-0.2, 0) is 9.59 Å². The predicted octanol–water partition coefficient (Wildman–Crippen LogP) is 1.20. The summed E-state index contributed by atoms with van der Waals surface area (Å²) >= 11 is 1.28. The highest BCUT2D eigenvalue weighted by atomic mass is 32.1. The van der Waals surface area contributed by atoms with Crippen molar-refractivity contribution in [3.63, 3.8) is 0 Å². The molecule has 0 aromatic carbocycles. The molecule has 0 saturated heterocycles. The number of aromatic nitrogens is 1. The van der Waals surface area contributed by atoms with Gasteiger partial charge in [-0.3, -0.25) is 4.79 Å². The second-order valence-electron chi connectivity index (χ2n) is 3.83. The van der Waals surface area contributed by atoms with Crippen LogP contribution in [0.15, 0.2) is 5.51 Å². The summed E-state index contributed by atoms with van der Waals surface area (Å²) in [5, 5.41) is 9.23. The summed E-state index contributed by atoms with van der Waals surface area (Å²) in [6.45, 7) is 1.76. The molecule has 1 N–H and O–H groups in total. The molecule has 0 aliphatic heterocycles. The molecule has 0 bridgehead atoms. The summed E-state index contributed by atoms with van der Waals surface area (Å²) in [6, 6.07) is -0.794. The number of hydrogen-bond acceptors (Lipinski definition) is 4. The number of hydrogen-bond donors (Lipinski definition) is 1. The van der Waals surface area contributed by atoms with Gasteiger partial charge in [0.05, 0.1) is 16.1 Å². The highest BCUT2D eigenvalue weighted by Gasteiger charge is 2.38. The van der Waals surface area contributed by atoms with Crippen LogP contribution < -0.4 is 0 Å². The number of carboxylic acids is 1. The van der Waals surface area contributed by atoms with Gasteiger partial charge in [-0.15, -0.1) is 11.3 Å². The predicted molar refractivity (Wildman–Crippen MR) is 58.2 cm³/mol. The molecule has 86 valence electrons. The van der Waals surface area contributed by atoms with Crippen molar-refractivity contribution in [1.29, 1.82) is 0 Å². The largest absolute Gasteiger partial charge is 0.479 e. The molecule has 1 aromatic rings. The Morgan fingerprint density at radius 2 is 2.44 bits per heavy atom. The van der Waals surface area contributed by atoms with Crippen molar-refractivity contribution < 1.29 is 14.7 Å². The molecule has 1 aromatic heterocycles. The van der Waals surface area contributed by atoms with Crippen molar-refractivity contribution in [2.24, 2.45) is 0 Å². The average Bonchev–Trinajstić information content (AvgIpc) is 2.99. The minimum atomic E-state index is -0.994. The molecule has 0 radical (unpaired) electrons. The first-order chi connectivity index (χ1) is 7.65. The van der Waals surface area contributed by atoms with E-state index in [1.165, 1.54) is 16.2 Å². The number of thiazole rings is 1. The van der Waals surface area contributed by atoms with Crippen molar-refractivity contribution in [3.8, 4) is 0 Å². The summed E-state index contributed by atoms with van der Waals surface area (Å²) in [5.41, 5.74) is 2.29. The normalized spacial score (nSPS) is 16.8. The molecule has 1 aliphatic rings. The van der Waals surface area contributed by atoms with E-state index in [0.717, 1.165) is 12.8 Å². The van der Waals surface area contributed by atoms with E-state index in [4.69, 9.17) is 0 Å². The number of nitrogens with zero attached hydrogens (tertiary/aromatic N) is 2. The summed E-state index contributed by atoms with van der Waals surface area (Å²) in [5.74, 6) is -0.994.